The van der Waals surface area contributed by atoms with Crippen molar-refractivity contribution < 1.29 is 29.1 Å². The van der Waals surface area contributed by atoms with Crippen LogP contribution < -0.4 is 27.4 Å². The number of para-hydroxylation sites is 1. The molecule has 5 rings (SSSR count). The van der Waals surface area contributed by atoms with Crippen LogP contribution in [-0.4, -0.2) is 81.3 Å². The van der Waals surface area contributed by atoms with E-state index in [4.69, 9.17) is 11.5 Å². The molecule has 0 bridgehead atoms. The molecule has 1 aliphatic rings. The van der Waals surface area contributed by atoms with Crippen LogP contribution in [0.1, 0.15) is 133 Å². The zero-order valence-electron chi connectivity index (χ0n) is 38.4. The van der Waals surface area contributed by atoms with E-state index in [1.54, 1.807) is 18.3 Å². The summed E-state index contributed by atoms with van der Waals surface area (Å²) >= 11 is 0. The lowest BCUT2D eigenvalue weighted by Crippen LogP contribution is -2.59. The standard InChI is InChI=1S/C52H73N7O6/c1-2-3-4-5-6-7-8-9-10-11-12-13-14-18-25-42(53)49(62)58-46(34-38-28-30-40(60)31-29-38)52(65)59-32-21-27-47(59)51(64)57-45(35-39-36-55-43-26-20-19-24-41(39)43)50(63)56-44(48(54)61)33-37-22-16-15-17-23-37/h15-17,19-20,22-24,26,28-31,36,42,44-47,55,60H,2-14,18,21,25,27,32-35,53H2,1H3,(H2,54,61)(H,56,63)(H,57,64)(H,58,62)/t42?,44-,45-,46-,47-/m0/s1. The maximum absolute atomic E-state index is 14.5. The van der Waals surface area contributed by atoms with Gasteiger partial charge in [-0.3, -0.25) is 24.0 Å². The van der Waals surface area contributed by atoms with E-state index in [-0.39, 0.29) is 31.6 Å². The number of unbranched alkanes of at least 4 members (excludes halogenated alkanes) is 13. The van der Waals surface area contributed by atoms with E-state index in [2.05, 4.69) is 27.9 Å². The molecule has 5 amide bonds. The molecule has 1 aromatic heterocycles. The van der Waals surface area contributed by atoms with E-state index in [0.717, 1.165) is 41.3 Å². The summed E-state index contributed by atoms with van der Waals surface area (Å²) in [5.74, 6) is -2.65. The summed E-state index contributed by atoms with van der Waals surface area (Å²) < 4.78 is 0. The molecule has 4 aromatic rings. The summed E-state index contributed by atoms with van der Waals surface area (Å²) in [7, 11) is 0. The number of aromatic amines is 1. The maximum atomic E-state index is 14.5. The molecule has 2 heterocycles. The van der Waals surface area contributed by atoms with Crippen molar-refractivity contribution in [3.05, 3.63) is 102 Å². The van der Waals surface area contributed by atoms with Crippen LogP contribution in [0.25, 0.3) is 10.9 Å². The van der Waals surface area contributed by atoms with Gasteiger partial charge in [-0.2, -0.15) is 0 Å². The molecule has 1 unspecified atom stereocenters. The number of likely N-dealkylation sites (tertiary alicyclic amines) is 1. The van der Waals surface area contributed by atoms with Crippen molar-refractivity contribution in [2.24, 2.45) is 11.5 Å². The highest BCUT2D eigenvalue weighted by Crippen LogP contribution is 2.23. The topological polar surface area (TPSA) is 213 Å². The number of nitrogens with zero attached hydrogens (tertiary/aromatic N) is 1. The number of carbonyl (C=O) groups is 5. The fourth-order valence-corrected chi connectivity index (χ4v) is 8.88. The Bertz CT molecular complexity index is 2090. The smallest absolute Gasteiger partial charge is 0.246 e. The second-order valence-corrected chi connectivity index (χ2v) is 17.9. The first-order chi connectivity index (χ1) is 31.5. The molecule has 9 N–H and O–H groups in total. The third-order valence-corrected chi connectivity index (χ3v) is 12.7. The van der Waals surface area contributed by atoms with Crippen LogP contribution in [0.3, 0.4) is 0 Å². The maximum Gasteiger partial charge on any atom is 0.246 e. The molecule has 1 aliphatic heterocycles. The lowest BCUT2D eigenvalue weighted by atomic mass is 10.0. The van der Waals surface area contributed by atoms with Crippen LogP contribution in [0.4, 0.5) is 0 Å². The molecule has 1 saturated heterocycles. The molecule has 13 heteroatoms. The number of H-pyrrole nitrogens is 1. The van der Waals surface area contributed by atoms with Gasteiger partial charge in [-0.1, -0.05) is 157 Å². The SMILES string of the molecule is CCCCCCCCCCCCCCCCC(N)C(=O)N[C@@H](Cc1ccc(O)cc1)C(=O)N1CCC[C@H]1C(=O)N[C@@H](Cc1c[nH]c2ccccc12)C(=O)N[C@@H](Cc1ccccc1)C(N)=O. The van der Waals surface area contributed by atoms with Crippen LogP contribution in [0, 0.1) is 0 Å². The van der Waals surface area contributed by atoms with Gasteiger partial charge in [0.15, 0.2) is 0 Å². The third-order valence-electron chi connectivity index (χ3n) is 12.7. The van der Waals surface area contributed by atoms with Gasteiger partial charge in [0.1, 0.15) is 29.9 Å². The number of phenolic OH excluding ortho intramolecular Hbond substituents is 1. The molecular formula is C52H73N7O6. The first-order valence-corrected chi connectivity index (χ1v) is 24.2. The van der Waals surface area contributed by atoms with Gasteiger partial charge in [0.25, 0.3) is 0 Å². The van der Waals surface area contributed by atoms with Gasteiger partial charge in [-0.25, -0.2) is 0 Å². The molecule has 0 radical (unpaired) electrons. The Hall–Kier alpha value is -5.69. The second kappa shape index (κ2) is 26.9. The van der Waals surface area contributed by atoms with Crippen LogP contribution in [-0.2, 0) is 43.2 Å². The zero-order valence-corrected chi connectivity index (χ0v) is 38.4. The summed E-state index contributed by atoms with van der Waals surface area (Å²) in [4.78, 5) is 73.9. The number of benzene rings is 3. The molecule has 0 aliphatic carbocycles. The van der Waals surface area contributed by atoms with Crippen molar-refractivity contribution >= 4 is 40.4 Å². The number of amides is 5. The number of fused-ring (bicyclic) bond motifs is 1. The van der Waals surface area contributed by atoms with Gasteiger partial charge in [-0.15, -0.1) is 0 Å². The summed E-state index contributed by atoms with van der Waals surface area (Å²) in [5, 5.41) is 19.4. The molecule has 1 fully saturated rings. The van der Waals surface area contributed by atoms with Crippen molar-refractivity contribution in [1.82, 2.24) is 25.8 Å². The quantitative estimate of drug-likeness (QED) is 0.0283. The molecule has 3 aromatic carbocycles. The van der Waals surface area contributed by atoms with Crippen molar-refractivity contribution in [3.63, 3.8) is 0 Å². The third kappa shape index (κ3) is 16.4. The molecule has 352 valence electrons. The van der Waals surface area contributed by atoms with Gasteiger partial charge >= 0.3 is 0 Å². The Morgan fingerprint density at radius 3 is 1.89 bits per heavy atom. The summed E-state index contributed by atoms with van der Waals surface area (Å²) in [6, 6.07) is 18.3. The fourth-order valence-electron chi connectivity index (χ4n) is 8.88. The number of nitrogens with one attached hydrogen (secondary N) is 4. The highest BCUT2D eigenvalue weighted by molar-refractivity contribution is 5.96. The summed E-state index contributed by atoms with van der Waals surface area (Å²) in [6.07, 6.45) is 20.7. The van der Waals surface area contributed by atoms with Gasteiger partial charge in [0, 0.05) is 42.9 Å². The van der Waals surface area contributed by atoms with Gasteiger partial charge in [-0.05, 0) is 54.2 Å². The average Bonchev–Trinajstić information content (AvgIpc) is 3.97. The largest absolute Gasteiger partial charge is 0.508 e. The van der Waals surface area contributed by atoms with Crippen LogP contribution in [0.15, 0.2) is 85.1 Å². The van der Waals surface area contributed by atoms with Crippen molar-refractivity contribution in [1.29, 1.82) is 0 Å². The highest BCUT2D eigenvalue weighted by Gasteiger charge is 2.39. The normalized spacial score (nSPS) is 15.5. The Balaban J connectivity index is 1.20. The number of primary amides is 1. The predicted molar refractivity (Wildman–Crippen MR) is 257 cm³/mol. The van der Waals surface area contributed by atoms with Gasteiger partial charge < -0.3 is 42.4 Å². The van der Waals surface area contributed by atoms with Crippen molar-refractivity contribution in [3.8, 4) is 5.75 Å². The van der Waals surface area contributed by atoms with Gasteiger partial charge in [0.05, 0.1) is 6.04 Å². The Labute approximate surface area is 385 Å². The number of hydrogen-bond acceptors (Lipinski definition) is 7. The number of nitrogens with two attached hydrogens (primary N) is 2. The minimum Gasteiger partial charge on any atom is -0.508 e. The Morgan fingerprint density at radius 1 is 0.677 bits per heavy atom. The lowest BCUT2D eigenvalue weighted by Gasteiger charge is -2.30. The van der Waals surface area contributed by atoms with Crippen LogP contribution >= 0.6 is 0 Å². The predicted octanol–water partition coefficient (Wildman–Crippen LogP) is 7.03. The van der Waals surface area contributed by atoms with Crippen molar-refractivity contribution in [2.75, 3.05) is 6.54 Å². The number of aromatic nitrogens is 1. The molecule has 0 saturated carbocycles. The number of hydrogen-bond donors (Lipinski definition) is 7. The summed E-state index contributed by atoms with van der Waals surface area (Å²) in [5.41, 5.74) is 15.3. The van der Waals surface area contributed by atoms with E-state index in [1.165, 1.54) is 87.7 Å². The lowest BCUT2D eigenvalue weighted by molar-refractivity contribution is -0.142. The molecule has 5 atom stereocenters. The number of phenols is 1. The molecular weight excluding hydrogens is 819 g/mol. The molecule has 13 nitrogen and oxygen atoms in total. The second-order valence-electron chi connectivity index (χ2n) is 17.9. The number of rotatable bonds is 29. The van der Waals surface area contributed by atoms with E-state index in [1.807, 2.05) is 54.6 Å². The minimum atomic E-state index is -1.13. The number of carbonyl (C=O) groups excluding carboxylic acids is 5. The van der Waals surface area contributed by atoms with E-state index in [9.17, 15) is 29.1 Å². The molecule has 0 spiro atoms. The average molecular weight is 892 g/mol. The zero-order chi connectivity index (χ0) is 46.4. The fraction of sp³-hybridized carbons (Fsp3) is 0.519. The minimum absolute atomic E-state index is 0.0700. The van der Waals surface area contributed by atoms with Crippen LogP contribution in [0.2, 0.25) is 0 Å². The van der Waals surface area contributed by atoms with E-state index < -0.39 is 59.7 Å². The van der Waals surface area contributed by atoms with Crippen LogP contribution in [0.5, 0.6) is 5.75 Å². The number of aromatic hydroxyl groups is 1. The Kier molecular flexibility index (Phi) is 20.9. The highest BCUT2D eigenvalue weighted by atomic mass is 16.3. The first-order valence-electron chi connectivity index (χ1n) is 24.2. The first kappa shape index (κ1) is 50.3. The Morgan fingerprint density at radius 2 is 1.25 bits per heavy atom. The monoisotopic (exact) mass is 892 g/mol. The van der Waals surface area contributed by atoms with Crippen molar-refractivity contribution in [2.45, 2.75) is 166 Å². The molecule has 65 heavy (non-hydrogen) atoms. The summed E-state index contributed by atoms with van der Waals surface area (Å²) in [6.45, 7) is 2.52. The van der Waals surface area contributed by atoms with E-state index in [0.29, 0.717) is 24.8 Å². The van der Waals surface area contributed by atoms with Gasteiger partial charge in [0.2, 0.25) is 29.5 Å². The van der Waals surface area contributed by atoms with E-state index >= 15 is 0 Å².